The first kappa shape index (κ1) is 14.5. The zero-order valence-electron chi connectivity index (χ0n) is 11.4. The molecular formula is C15H18FNO3. The van der Waals surface area contributed by atoms with Crippen LogP contribution in [0.25, 0.3) is 0 Å². The quantitative estimate of drug-likeness (QED) is 0.870. The zero-order chi connectivity index (χ0) is 14.8. The predicted octanol–water partition coefficient (Wildman–Crippen LogP) is 2.43. The van der Waals surface area contributed by atoms with Crippen molar-refractivity contribution >= 4 is 11.9 Å². The number of carboxylic acids is 1. The second-order valence-electron chi connectivity index (χ2n) is 5.49. The summed E-state index contributed by atoms with van der Waals surface area (Å²) in [4.78, 5) is 23.5. The first-order chi connectivity index (χ1) is 9.41. The molecule has 0 saturated heterocycles. The van der Waals surface area contributed by atoms with Crippen molar-refractivity contribution in [1.29, 1.82) is 0 Å². The van der Waals surface area contributed by atoms with E-state index >= 15 is 0 Å². The minimum atomic E-state index is -1.53. The molecule has 1 amide bonds. The number of rotatable bonds is 5. The Morgan fingerprint density at radius 3 is 2.40 bits per heavy atom. The Hall–Kier alpha value is -1.91. The summed E-state index contributed by atoms with van der Waals surface area (Å²) in [5, 5.41) is 12.0. The average molecular weight is 279 g/mol. The number of benzene rings is 1. The number of amides is 1. The molecule has 4 nitrogen and oxygen atoms in total. The third-order valence-electron chi connectivity index (χ3n) is 3.94. The molecule has 108 valence electrons. The van der Waals surface area contributed by atoms with Crippen LogP contribution in [-0.4, -0.2) is 17.0 Å². The van der Waals surface area contributed by atoms with E-state index < -0.39 is 17.3 Å². The van der Waals surface area contributed by atoms with E-state index in [1.54, 1.807) is 0 Å². The van der Waals surface area contributed by atoms with Crippen molar-refractivity contribution in [3.63, 3.8) is 0 Å². The summed E-state index contributed by atoms with van der Waals surface area (Å²) in [6.45, 7) is 1.42. The normalized spacial score (nSPS) is 17.9. The fourth-order valence-corrected chi connectivity index (χ4v) is 2.32. The highest BCUT2D eigenvalue weighted by molar-refractivity contribution is 5.87. The number of carboxylic acid groups (broad SMARTS) is 1. The van der Waals surface area contributed by atoms with Gasteiger partial charge in [0.25, 0.3) is 0 Å². The lowest BCUT2D eigenvalue weighted by Gasteiger charge is -2.30. The monoisotopic (exact) mass is 279 g/mol. The van der Waals surface area contributed by atoms with Gasteiger partial charge in [0, 0.05) is 6.42 Å². The minimum Gasteiger partial charge on any atom is -0.479 e. The van der Waals surface area contributed by atoms with Crippen LogP contribution in [-0.2, 0) is 15.1 Å². The molecule has 1 aromatic rings. The molecule has 1 unspecified atom stereocenters. The topological polar surface area (TPSA) is 66.4 Å². The summed E-state index contributed by atoms with van der Waals surface area (Å²) in [7, 11) is 0. The smallest absolute Gasteiger partial charge is 0.333 e. The molecule has 0 bridgehead atoms. The SMILES string of the molecule is CC(NC(=O)CC1CCC1)(C(=O)O)c1ccc(F)cc1. The molecule has 20 heavy (non-hydrogen) atoms. The van der Waals surface area contributed by atoms with E-state index in [0.29, 0.717) is 17.9 Å². The summed E-state index contributed by atoms with van der Waals surface area (Å²) < 4.78 is 12.9. The Morgan fingerprint density at radius 1 is 1.35 bits per heavy atom. The van der Waals surface area contributed by atoms with Gasteiger partial charge in [-0.1, -0.05) is 18.6 Å². The number of halogens is 1. The van der Waals surface area contributed by atoms with Gasteiger partial charge < -0.3 is 10.4 Å². The van der Waals surface area contributed by atoms with Gasteiger partial charge in [-0.05, 0) is 43.4 Å². The Labute approximate surface area is 117 Å². The van der Waals surface area contributed by atoms with E-state index in [4.69, 9.17) is 0 Å². The summed E-state index contributed by atoms with van der Waals surface area (Å²) >= 11 is 0. The molecule has 1 atom stereocenters. The van der Waals surface area contributed by atoms with Crippen LogP contribution in [0, 0.1) is 11.7 Å². The van der Waals surface area contributed by atoms with Gasteiger partial charge in [-0.3, -0.25) is 4.79 Å². The van der Waals surface area contributed by atoms with Crippen molar-refractivity contribution in [2.24, 2.45) is 5.92 Å². The maximum Gasteiger partial charge on any atom is 0.333 e. The Bertz CT molecular complexity index is 510. The van der Waals surface area contributed by atoms with Gasteiger partial charge in [-0.25, -0.2) is 9.18 Å². The van der Waals surface area contributed by atoms with Crippen molar-refractivity contribution in [3.05, 3.63) is 35.6 Å². The van der Waals surface area contributed by atoms with E-state index in [0.717, 1.165) is 19.3 Å². The average Bonchev–Trinajstić information content (AvgIpc) is 2.34. The van der Waals surface area contributed by atoms with Crippen LogP contribution < -0.4 is 5.32 Å². The Balaban J connectivity index is 2.13. The Morgan fingerprint density at radius 2 is 1.95 bits per heavy atom. The van der Waals surface area contributed by atoms with Crippen molar-refractivity contribution in [3.8, 4) is 0 Å². The molecule has 0 aromatic heterocycles. The molecule has 1 aliphatic carbocycles. The van der Waals surface area contributed by atoms with Crippen molar-refractivity contribution in [2.45, 2.75) is 38.1 Å². The fraction of sp³-hybridized carbons (Fsp3) is 0.467. The van der Waals surface area contributed by atoms with Crippen LogP contribution in [0.1, 0.15) is 38.2 Å². The molecule has 1 aromatic carbocycles. The summed E-state index contributed by atoms with van der Waals surface area (Å²) in [6, 6.07) is 5.14. The lowest BCUT2D eigenvalue weighted by Crippen LogP contribution is -2.50. The molecule has 1 fully saturated rings. The van der Waals surface area contributed by atoms with Gasteiger partial charge in [0.2, 0.25) is 5.91 Å². The standard InChI is InChI=1S/C15H18FNO3/c1-15(14(19)20,11-5-7-12(16)8-6-11)17-13(18)9-10-3-2-4-10/h5-8,10H,2-4,9H2,1H3,(H,17,18)(H,19,20). The van der Waals surface area contributed by atoms with E-state index in [9.17, 15) is 19.1 Å². The lowest BCUT2D eigenvalue weighted by molar-refractivity contribution is -0.147. The molecular weight excluding hydrogens is 261 g/mol. The number of carbonyl (C=O) groups excluding carboxylic acids is 1. The molecule has 2 rings (SSSR count). The minimum absolute atomic E-state index is 0.274. The predicted molar refractivity (Wildman–Crippen MR) is 71.5 cm³/mol. The molecule has 0 spiro atoms. The van der Waals surface area contributed by atoms with Crippen LogP contribution >= 0.6 is 0 Å². The van der Waals surface area contributed by atoms with Gasteiger partial charge in [0.05, 0.1) is 0 Å². The van der Waals surface area contributed by atoms with Gasteiger partial charge in [-0.15, -0.1) is 0 Å². The highest BCUT2D eigenvalue weighted by Gasteiger charge is 2.37. The maximum atomic E-state index is 12.9. The van der Waals surface area contributed by atoms with Gasteiger partial charge in [0.1, 0.15) is 5.82 Å². The van der Waals surface area contributed by atoms with E-state index in [1.807, 2.05) is 0 Å². The lowest BCUT2D eigenvalue weighted by atomic mass is 9.82. The van der Waals surface area contributed by atoms with Crippen molar-refractivity contribution in [1.82, 2.24) is 5.32 Å². The van der Waals surface area contributed by atoms with Crippen LogP contribution in [0.2, 0.25) is 0 Å². The number of aliphatic carboxylic acids is 1. The molecule has 5 heteroatoms. The van der Waals surface area contributed by atoms with Crippen LogP contribution in [0.3, 0.4) is 0 Å². The zero-order valence-corrected chi connectivity index (χ0v) is 11.4. The van der Waals surface area contributed by atoms with Crippen LogP contribution in [0.15, 0.2) is 24.3 Å². The summed E-state index contributed by atoms with van der Waals surface area (Å²) in [6.07, 6.45) is 3.53. The molecule has 0 radical (unpaired) electrons. The number of hydrogen-bond acceptors (Lipinski definition) is 2. The van der Waals surface area contributed by atoms with Crippen LogP contribution in [0.4, 0.5) is 4.39 Å². The van der Waals surface area contributed by atoms with Gasteiger partial charge in [-0.2, -0.15) is 0 Å². The third kappa shape index (κ3) is 2.98. The third-order valence-corrected chi connectivity index (χ3v) is 3.94. The highest BCUT2D eigenvalue weighted by atomic mass is 19.1. The molecule has 1 aliphatic rings. The number of nitrogens with one attached hydrogen (secondary N) is 1. The number of hydrogen-bond donors (Lipinski definition) is 2. The second-order valence-corrected chi connectivity index (χ2v) is 5.49. The highest BCUT2D eigenvalue weighted by Crippen LogP contribution is 2.30. The largest absolute Gasteiger partial charge is 0.479 e. The number of carbonyl (C=O) groups is 2. The van der Waals surface area contributed by atoms with Crippen LogP contribution in [0.5, 0.6) is 0 Å². The summed E-state index contributed by atoms with van der Waals surface area (Å²) in [5.74, 6) is -1.52. The molecule has 1 saturated carbocycles. The maximum absolute atomic E-state index is 12.9. The molecule has 0 aliphatic heterocycles. The van der Waals surface area contributed by atoms with E-state index in [-0.39, 0.29) is 5.91 Å². The second kappa shape index (κ2) is 5.61. The van der Waals surface area contributed by atoms with Crippen molar-refractivity contribution in [2.75, 3.05) is 0 Å². The molecule has 2 N–H and O–H groups in total. The van der Waals surface area contributed by atoms with Crippen molar-refractivity contribution < 1.29 is 19.1 Å². The van der Waals surface area contributed by atoms with Gasteiger partial charge in [0.15, 0.2) is 5.54 Å². The first-order valence-electron chi connectivity index (χ1n) is 6.72. The first-order valence-corrected chi connectivity index (χ1v) is 6.72. The molecule has 0 heterocycles. The fourth-order valence-electron chi connectivity index (χ4n) is 2.32. The Kier molecular flexibility index (Phi) is 4.06. The van der Waals surface area contributed by atoms with E-state index in [1.165, 1.54) is 31.2 Å². The summed E-state index contributed by atoms with van der Waals surface area (Å²) in [5.41, 5.74) is -1.18. The van der Waals surface area contributed by atoms with Gasteiger partial charge >= 0.3 is 5.97 Å². The van der Waals surface area contributed by atoms with E-state index in [2.05, 4.69) is 5.32 Å².